The molecule has 0 heterocycles. The third-order valence-electron chi connectivity index (χ3n) is 2.59. The third-order valence-corrected chi connectivity index (χ3v) is 2.59. The Kier molecular flexibility index (Phi) is 3.43. The third kappa shape index (κ3) is 2.84. The van der Waals surface area contributed by atoms with Gasteiger partial charge in [0.15, 0.2) is 0 Å². The smallest absolute Gasteiger partial charge is 0.119 e. The molecule has 0 aliphatic carbocycles. The zero-order valence-corrected chi connectivity index (χ0v) is 10.5. The predicted octanol–water partition coefficient (Wildman–Crippen LogP) is 3.68. The molecule has 0 bridgehead atoms. The van der Waals surface area contributed by atoms with Crippen LogP contribution in [0, 0.1) is 0 Å². The van der Waals surface area contributed by atoms with Gasteiger partial charge in [-0.1, -0.05) is 18.2 Å². The molecule has 2 aromatic rings. The molecule has 0 fully saturated rings. The Morgan fingerprint density at radius 3 is 2.47 bits per heavy atom. The van der Waals surface area contributed by atoms with Crippen molar-refractivity contribution in [2.24, 2.45) is 4.99 Å². The first-order valence-corrected chi connectivity index (χ1v) is 5.80. The fraction of sp³-hybridized carbons (Fsp3) is 0.267. The Morgan fingerprint density at radius 1 is 1.06 bits per heavy atom. The molecule has 0 aliphatic rings. The van der Waals surface area contributed by atoms with Crippen LogP contribution in [-0.4, -0.2) is 19.4 Å². The molecule has 0 saturated heterocycles. The van der Waals surface area contributed by atoms with Gasteiger partial charge in [-0.25, -0.2) is 0 Å². The molecule has 0 amide bonds. The number of aliphatic imine (C=N–C) groups is 1. The van der Waals surface area contributed by atoms with Crippen LogP contribution in [0.15, 0.2) is 41.4 Å². The van der Waals surface area contributed by atoms with E-state index in [2.05, 4.69) is 43.1 Å². The molecule has 0 N–H and O–H groups in total. The van der Waals surface area contributed by atoms with Crippen molar-refractivity contribution in [3.05, 3.63) is 42.0 Å². The normalized spacial score (nSPS) is 11.5. The van der Waals surface area contributed by atoms with Gasteiger partial charge in [0.25, 0.3) is 0 Å². The molecule has 2 heteroatoms. The van der Waals surface area contributed by atoms with E-state index in [9.17, 15) is 0 Å². The van der Waals surface area contributed by atoms with Gasteiger partial charge in [-0.2, -0.15) is 0 Å². The van der Waals surface area contributed by atoms with E-state index < -0.39 is 0 Å². The number of methoxy groups -OCH3 is 1. The molecule has 0 aromatic heterocycles. The van der Waals surface area contributed by atoms with Gasteiger partial charge in [0.05, 0.1) is 7.11 Å². The van der Waals surface area contributed by atoms with Crippen molar-refractivity contribution in [2.75, 3.05) is 7.11 Å². The average Bonchev–Trinajstić information content (AvgIpc) is 2.35. The minimum atomic E-state index is 0.335. The summed E-state index contributed by atoms with van der Waals surface area (Å²) in [5.74, 6) is 0.890. The van der Waals surface area contributed by atoms with Crippen LogP contribution in [0.3, 0.4) is 0 Å². The summed E-state index contributed by atoms with van der Waals surface area (Å²) in [6.07, 6.45) is 1.92. The zero-order chi connectivity index (χ0) is 12.3. The molecule has 88 valence electrons. The Balaban J connectivity index is 2.38. The maximum absolute atomic E-state index is 5.21. The summed E-state index contributed by atoms with van der Waals surface area (Å²) in [5.41, 5.74) is 1.14. The second kappa shape index (κ2) is 5.00. The molecule has 17 heavy (non-hydrogen) atoms. The van der Waals surface area contributed by atoms with Crippen LogP contribution in [0.25, 0.3) is 10.8 Å². The highest BCUT2D eigenvalue weighted by Crippen LogP contribution is 2.21. The predicted molar refractivity (Wildman–Crippen MR) is 73.2 cm³/mol. The SMILES string of the molecule is COc1ccc2cc(C=NC(C)C)ccc2c1. The summed E-state index contributed by atoms with van der Waals surface area (Å²) >= 11 is 0. The molecule has 0 saturated carbocycles. The Bertz CT molecular complexity index is 544. The summed E-state index contributed by atoms with van der Waals surface area (Å²) < 4.78 is 5.21. The number of ether oxygens (including phenoxy) is 1. The number of rotatable bonds is 3. The van der Waals surface area contributed by atoms with Crippen LogP contribution in [0.1, 0.15) is 19.4 Å². The first kappa shape index (κ1) is 11.6. The van der Waals surface area contributed by atoms with E-state index in [-0.39, 0.29) is 0 Å². The molecular weight excluding hydrogens is 210 g/mol. The Morgan fingerprint density at radius 2 is 1.76 bits per heavy atom. The van der Waals surface area contributed by atoms with Crippen molar-refractivity contribution in [1.29, 1.82) is 0 Å². The summed E-state index contributed by atoms with van der Waals surface area (Å²) in [7, 11) is 1.69. The van der Waals surface area contributed by atoms with Crippen molar-refractivity contribution in [3.63, 3.8) is 0 Å². The standard InChI is InChI=1S/C15H17NO/c1-11(2)16-10-12-4-5-14-9-15(17-3)7-6-13(14)8-12/h4-11H,1-3H3. The van der Waals surface area contributed by atoms with E-state index in [1.54, 1.807) is 7.11 Å². The first-order valence-electron chi connectivity index (χ1n) is 5.80. The number of hydrogen-bond donors (Lipinski definition) is 0. The van der Waals surface area contributed by atoms with Gasteiger partial charge in [-0.05, 0) is 48.4 Å². The maximum Gasteiger partial charge on any atom is 0.119 e. The number of benzene rings is 2. The van der Waals surface area contributed by atoms with Gasteiger partial charge < -0.3 is 4.74 Å². The van der Waals surface area contributed by atoms with Crippen LogP contribution in [0.2, 0.25) is 0 Å². The van der Waals surface area contributed by atoms with Crippen LogP contribution in [0.4, 0.5) is 0 Å². The molecule has 0 radical (unpaired) electrons. The number of fused-ring (bicyclic) bond motifs is 1. The topological polar surface area (TPSA) is 21.6 Å². The maximum atomic E-state index is 5.21. The highest BCUT2D eigenvalue weighted by atomic mass is 16.5. The van der Waals surface area contributed by atoms with Crippen molar-refractivity contribution in [2.45, 2.75) is 19.9 Å². The number of nitrogens with zero attached hydrogens (tertiary/aromatic N) is 1. The lowest BCUT2D eigenvalue weighted by Gasteiger charge is -2.03. The highest BCUT2D eigenvalue weighted by Gasteiger charge is 1.97. The average molecular weight is 227 g/mol. The zero-order valence-electron chi connectivity index (χ0n) is 10.5. The fourth-order valence-corrected chi connectivity index (χ4v) is 1.68. The van der Waals surface area contributed by atoms with Crippen LogP contribution in [0.5, 0.6) is 5.75 Å². The highest BCUT2D eigenvalue weighted by molar-refractivity contribution is 5.91. The molecule has 0 spiro atoms. The molecule has 0 unspecified atom stereocenters. The second-order valence-corrected chi connectivity index (χ2v) is 4.34. The molecule has 2 aromatic carbocycles. The summed E-state index contributed by atoms with van der Waals surface area (Å²) in [6.45, 7) is 4.14. The van der Waals surface area contributed by atoms with Crippen LogP contribution < -0.4 is 4.74 Å². The van der Waals surface area contributed by atoms with E-state index in [0.29, 0.717) is 6.04 Å². The van der Waals surface area contributed by atoms with E-state index in [0.717, 1.165) is 11.3 Å². The van der Waals surface area contributed by atoms with Crippen LogP contribution in [-0.2, 0) is 0 Å². The van der Waals surface area contributed by atoms with Crippen molar-refractivity contribution >= 4 is 17.0 Å². The summed E-state index contributed by atoms with van der Waals surface area (Å²) in [4.78, 5) is 4.39. The molecule has 0 aliphatic heterocycles. The van der Waals surface area contributed by atoms with E-state index >= 15 is 0 Å². The van der Waals surface area contributed by atoms with E-state index in [4.69, 9.17) is 4.74 Å². The largest absolute Gasteiger partial charge is 0.497 e. The van der Waals surface area contributed by atoms with Gasteiger partial charge >= 0.3 is 0 Å². The molecule has 2 rings (SSSR count). The van der Waals surface area contributed by atoms with Gasteiger partial charge in [0.1, 0.15) is 5.75 Å². The van der Waals surface area contributed by atoms with Gasteiger partial charge in [0.2, 0.25) is 0 Å². The lowest BCUT2D eigenvalue weighted by molar-refractivity contribution is 0.415. The van der Waals surface area contributed by atoms with Crippen LogP contribution >= 0.6 is 0 Å². The monoisotopic (exact) mass is 227 g/mol. The number of hydrogen-bond acceptors (Lipinski definition) is 2. The fourth-order valence-electron chi connectivity index (χ4n) is 1.68. The molecular formula is C15H17NO. The second-order valence-electron chi connectivity index (χ2n) is 4.34. The van der Waals surface area contributed by atoms with Crippen molar-refractivity contribution in [1.82, 2.24) is 0 Å². The van der Waals surface area contributed by atoms with E-state index in [1.165, 1.54) is 10.8 Å². The van der Waals surface area contributed by atoms with Gasteiger partial charge in [-0.3, -0.25) is 4.99 Å². The van der Waals surface area contributed by atoms with Gasteiger partial charge in [-0.15, -0.1) is 0 Å². The quantitative estimate of drug-likeness (QED) is 0.733. The van der Waals surface area contributed by atoms with Gasteiger partial charge in [0, 0.05) is 12.3 Å². The lowest BCUT2D eigenvalue weighted by atomic mass is 10.1. The van der Waals surface area contributed by atoms with E-state index in [1.807, 2.05) is 18.3 Å². The Hall–Kier alpha value is -1.83. The minimum absolute atomic E-state index is 0.335. The summed E-state index contributed by atoms with van der Waals surface area (Å²) in [5, 5.41) is 2.39. The van der Waals surface area contributed by atoms with Crippen molar-refractivity contribution < 1.29 is 4.74 Å². The molecule has 2 nitrogen and oxygen atoms in total. The minimum Gasteiger partial charge on any atom is -0.497 e. The lowest BCUT2D eigenvalue weighted by Crippen LogP contribution is -1.90. The molecule has 0 atom stereocenters. The van der Waals surface area contributed by atoms with Crippen molar-refractivity contribution in [3.8, 4) is 5.75 Å². The summed E-state index contributed by atoms with van der Waals surface area (Å²) in [6, 6.07) is 12.7. The first-order chi connectivity index (χ1) is 8.19. The Labute approximate surface area is 102 Å².